The Labute approximate surface area is 169 Å². The van der Waals surface area contributed by atoms with E-state index in [9.17, 15) is 4.39 Å². The maximum absolute atomic E-state index is 14.6. The highest BCUT2D eigenvalue weighted by atomic mass is 35.5. The highest BCUT2D eigenvalue weighted by Gasteiger charge is 2.61. The molecule has 0 amide bonds. The second-order valence-corrected chi connectivity index (χ2v) is 14.1. The smallest absolute Gasteiger partial charge is 0.192 e. The molecule has 2 aliphatic rings. The number of nitrogens with one attached hydrogen (secondary N) is 1. The lowest BCUT2D eigenvalue weighted by atomic mass is 9.97. The first-order chi connectivity index (χ1) is 12.8. The third-order valence-electron chi connectivity index (χ3n) is 7.49. The molecule has 2 aliphatic carbocycles. The second kappa shape index (κ2) is 8.09. The number of hydrogen-bond acceptors (Lipinski definition) is 3. The van der Waals surface area contributed by atoms with Gasteiger partial charge in [0, 0.05) is 24.3 Å². The Balaban J connectivity index is 1.74. The van der Waals surface area contributed by atoms with E-state index < -0.39 is 8.32 Å². The Morgan fingerprint density at radius 1 is 1.22 bits per heavy atom. The Kier molecular flexibility index (Phi) is 6.36. The SMILES string of the molecule is CC[Si](CC)(CC)OC(CNC1CC2C(C1)C2(C)C)c1c(F)cncc1Cl. The van der Waals surface area contributed by atoms with Crippen LogP contribution in [-0.4, -0.2) is 25.9 Å². The molecule has 0 aliphatic heterocycles. The molecule has 3 rings (SSSR count). The first-order valence-corrected chi connectivity index (χ1v) is 13.4. The fraction of sp³-hybridized carbons (Fsp3) is 0.762. The Morgan fingerprint density at radius 3 is 2.33 bits per heavy atom. The van der Waals surface area contributed by atoms with Crippen LogP contribution >= 0.6 is 11.6 Å². The minimum absolute atomic E-state index is 0.350. The van der Waals surface area contributed by atoms with Gasteiger partial charge in [0.15, 0.2) is 8.32 Å². The van der Waals surface area contributed by atoms with Gasteiger partial charge in [-0.2, -0.15) is 0 Å². The Hall–Kier alpha value is -0.493. The molecule has 3 nitrogen and oxygen atoms in total. The first-order valence-electron chi connectivity index (χ1n) is 10.5. The molecule has 1 aromatic rings. The van der Waals surface area contributed by atoms with Crippen molar-refractivity contribution in [3.8, 4) is 0 Å². The van der Waals surface area contributed by atoms with Crippen molar-refractivity contribution in [3.05, 3.63) is 28.8 Å². The molecule has 0 radical (unpaired) electrons. The minimum atomic E-state index is -1.90. The average Bonchev–Trinajstić information content (AvgIpc) is 3.00. The van der Waals surface area contributed by atoms with Gasteiger partial charge in [0.1, 0.15) is 5.82 Å². The molecule has 3 unspecified atom stereocenters. The van der Waals surface area contributed by atoms with Gasteiger partial charge in [-0.25, -0.2) is 4.39 Å². The maximum atomic E-state index is 14.6. The molecule has 0 aromatic carbocycles. The third kappa shape index (κ3) is 4.12. The van der Waals surface area contributed by atoms with Gasteiger partial charge in [-0.05, 0) is 48.2 Å². The van der Waals surface area contributed by atoms with Crippen LogP contribution in [0.3, 0.4) is 0 Å². The quantitative estimate of drug-likeness (QED) is 0.508. The summed E-state index contributed by atoms with van der Waals surface area (Å²) < 4.78 is 21.3. The van der Waals surface area contributed by atoms with Gasteiger partial charge in [0.05, 0.1) is 17.3 Å². The molecule has 2 fully saturated rings. The molecule has 0 bridgehead atoms. The molecular formula is C21H34ClFN2OSi. The fourth-order valence-corrected chi connectivity index (χ4v) is 8.25. The van der Waals surface area contributed by atoms with Gasteiger partial charge in [-0.1, -0.05) is 46.2 Å². The largest absolute Gasteiger partial charge is 0.408 e. The topological polar surface area (TPSA) is 34.1 Å². The van der Waals surface area contributed by atoms with Crippen LogP contribution in [0.1, 0.15) is 59.1 Å². The van der Waals surface area contributed by atoms with Crippen LogP contribution in [0.5, 0.6) is 0 Å². The molecule has 0 spiro atoms. The lowest BCUT2D eigenvalue weighted by molar-refractivity contribution is 0.174. The predicted molar refractivity (Wildman–Crippen MR) is 112 cm³/mol. The van der Waals surface area contributed by atoms with Crippen LogP contribution < -0.4 is 5.32 Å². The summed E-state index contributed by atoms with van der Waals surface area (Å²) in [5.41, 5.74) is 0.985. The van der Waals surface area contributed by atoms with E-state index in [-0.39, 0.29) is 11.9 Å². The van der Waals surface area contributed by atoms with E-state index in [1.807, 2.05) is 0 Å². The van der Waals surface area contributed by atoms with Gasteiger partial charge in [-0.3, -0.25) is 4.98 Å². The fourth-order valence-electron chi connectivity index (χ4n) is 5.18. The lowest BCUT2D eigenvalue weighted by Gasteiger charge is -2.34. The van der Waals surface area contributed by atoms with Crippen LogP contribution in [0.15, 0.2) is 12.4 Å². The molecule has 6 heteroatoms. The number of rotatable bonds is 9. The number of halogens is 2. The maximum Gasteiger partial charge on any atom is 0.192 e. The van der Waals surface area contributed by atoms with E-state index in [1.54, 1.807) is 0 Å². The summed E-state index contributed by atoms with van der Waals surface area (Å²) in [7, 11) is -1.90. The molecule has 152 valence electrons. The summed E-state index contributed by atoms with van der Waals surface area (Å²) in [6.45, 7) is 11.9. The zero-order chi connectivity index (χ0) is 19.8. The molecule has 0 saturated heterocycles. The summed E-state index contributed by atoms with van der Waals surface area (Å²) in [5.74, 6) is 1.31. The number of fused-ring (bicyclic) bond motifs is 1. The molecular weight excluding hydrogens is 379 g/mol. The van der Waals surface area contributed by atoms with Crippen molar-refractivity contribution in [1.29, 1.82) is 0 Å². The Bertz CT molecular complexity index is 625. The van der Waals surface area contributed by atoms with Crippen molar-refractivity contribution in [2.75, 3.05) is 6.54 Å². The van der Waals surface area contributed by atoms with Gasteiger partial charge < -0.3 is 9.74 Å². The van der Waals surface area contributed by atoms with Crippen molar-refractivity contribution in [3.63, 3.8) is 0 Å². The van der Waals surface area contributed by atoms with E-state index in [1.165, 1.54) is 25.2 Å². The summed E-state index contributed by atoms with van der Waals surface area (Å²) in [6, 6.07) is 3.59. The van der Waals surface area contributed by atoms with Crippen LogP contribution in [0.4, 0.5) is 4.39 Å². The predicted octanol–water partition coefficient (Wildman–Crippen LogP) is 5.96. The van der Waals surface area contributed by atoms with Gasteiger partial charge in [0.25, 0.3) is 0 Å². The molecule has 1 heterocycles. The summed E-state index contributed by atoms with van der Waals surface area (Å²) in [5, 5.41) is 4.04. The molecule has 3 atom stereocenters. The van der Waals surface area contributed by atoms with E-state index in [0.29, 0.717) is 28.6 Å². The van der Waals surface area contributed by atoms with Gasteiger partial charge >= 0.3 is 0 Å². The van der Waals surface area contributed by atoms with Crippen LogP contribution in [-0.2, 0) is 4.43 Å². The van der Waals surface area contributed by atoms with Crippen molar-refractivity contribution in [2.24, 2.45) is 17.3 Å². The average molecular weight is 413 g/mol. The summed E-state index contributed by atoms with van der Waals surface area (Å²) in [4.78, 5) is 3.88. The van der Waals surface area contributed by atoms with E-state index in [0.717, 1.165) is 30.0 Å². The molecule has 1 aromatic heterocycles. The number of aromatic nitrogens is 1. The summed E-state index contributed by atoms with van der Waals surface area (Å²) >= 11 is 6.35. The molecule has 2 saturated carbocycles. The number of hydrogen-bond donors (Lipinski definition) is 1. The standard InChI is InChI=1S/C21H34ClFN2OSi/c1-6-27(7-2,8-3)26-19(20-17(22)11-24-12-18(20)23)13-25-14-9-15-16(10-14)21(15,4)5/h11-12,14-16,19,25H,6-10,13H2,1-5H3. The van der Waals surface area contributed by atoms with Crippen molar-refractivity contribution >= 4 is 19.9 Å². The second-order valence-electron chi connectivity index (χ2n) is 8.98. The van der Waals surface area contributed by atoms with Crippen molar-refractivity contribution in [1.82, 2.24) is 10.3 Å². The highest BCUT2D eigenvalue weighted by molar-refractivity contribution is 6.73. The van der Waals surface area contributed by atoms with Crippen LogP contribution in [0.2, 0.25) is 23.2 Å². The third-order valence-corrected chi connectivity index (χ3v) is 12.4. The van der Waals surface area contributed by atoms with Gasteiger partial charge in [0.2, 0.25) is 0 Å². The minimum Gasteiger partial charge on any atom is -0.408 e. The Morgan fingerprint density at radius 2 is 1.81 bits per heavy atom. The zero-order valence-electron chi connectivity index (χ0n) is 17.3. The lowest BCUT2D eigenvalue weighted by Crippen LogP contribution is -2.42. The van der Waals surface area contributed by atoms with E-state index in [4.69, 9.17) is 16.0 Å². The molecule has 27 heavy (non-hydrogen) atoms. The number of nitrogens with zero attached hydrogens (tertiary/aromatic N) is 1. The van der Waals surface area contributed by atoms with E-state index in [2.05, 4.69) is 44.9 Å². The highest BCUT2D eigenvalue weighted by Crippen LogP contribution is 2.66. The van der Waals surface area contributed by atoms with E-state index >= 15 is 0 Å². The monoisotopic (exact) mass is 412 g/mol. The number of pyridine rings is 1. The van der Waals surface area contributed by atoms with Crippen molar-refractivity contribution < 1.29 is 8.82 Å². The zero-order valence-corrected chi connectivity index (χ0v) is 19.1. The van der Waals surface area contributed by atoms with Crippen molar-refractivity contribution in [2.45, 2.75) is 77.7 Å². The van der Waals surface area contributed by atoms with Gasteiger partial charge in [-0.15, -0.1) is 0 Å². The first kappa shape index (κ1) is 21.2. The normalized spacial score (nSPS) is 27.4. The van der Waals surface area contributed by atoms with Crippen LogP contribution in [0, 0.1) is 23.1 Å². The molecule has 1 N–H and O–H groups in total. The van der Waals surface area contributed by atoms with Crippen LogP contribution in [0.25, 0.3) is 0 Å². The summed E-state index contributed by atoms with van der Waals surface area (Å²) in [6.07, 6.45) is 4.86.